The van der Waals surface area contributed by atoms with Crippen LogP contribution in [0.2, 0.25) is 0 Å². The monoisotopic (exact) mass is 274 g/mol. The second-order valence-electron chi connectivity index (χ2n) is 6.22. The molecule has 20 heavy (non-hydrogen) atoms. The summed E-state index contributed by atoms with van der Waals surface area (Å²) in [7, 11) is 0. The molecule has 3 heteroatoms. The average Bonchev–Trinajstić information content (AvgIpc) is 2.49. The lowest BCUT2D eigenvalue weighted by atomic mass is 9.98. The van der Waals surface area contributed by atoms with Crippen LogP contribution in [0.15, 0.2) is 24.3 Å². The summed E-state index contributed by atoms with van der Waals surface area (Å²) in [6.07, 6.45) is 9.20. The van der Waals surface area contributed by atoms with E-state index in [1.54, 1.807) is 0 Å². The normalized spacial score (nSPS) is 24.6. The summed E-state index contributed by atoms with van der Waals surface area (Å²) >= 11 is 0. The molecule has 0 amide bonds. The molecule has 1 saturated carbocycles. The fourth-order valence-corrected chi connectivity index (χ4v) is 3.36. The lowest BCUT2D eigenvalue weighted by Gasteiger charge is -2.32. The first-order valence-corrected chi connectivity index (χ1v) is 8.08. The van der Waals surface area contributed by atoms with Crippen LogP contribution in [0.25, 0.3) is 0 Å². The molecule has 3 rings (SSSR count). The molecule has 0 spiro atoms. The van der Waals surface area contributed by atoms with Crippen LogP contribution in [0.5, 0.6) is 5.75 Å². The summed E-state index contributed by atoms with van der Waals surface area (Å²) in [6, 6.07) is 8.91. The Morgan fingerprint density at radius 3 is 2.40 bits per heavy atom. The molecule has 2 aliphatic rings. The molecule has 1 aromatic carbocycles. The van der Waals surface area contributed by atoms with Crippen LogP contribution >= 0.6 is 0 Å². The van der Waals surface area contributed by atoms with Crippen molar-refractivity contribution in [1.29, 1.82) is 0 Å². The topological polar surface area (TPSA) is 38.5 Å². The third-order valence-corrected chi connectivity index (χ3v) is 4.51. The maximum atomic E-state index is 6.08. The highest BCUT2D eigenvalue weighted by Gasteiger charge is 2.18. The Kier molecular flexibility index (Phi) is 4.46. The van der Waals surface area contributed by atoms with Crippen molar-refractivity contribution in [2.75, 3.05) is 18.0 Å². The number of hydrogen-bond donors (Lipinski definition) is 1. The first-order valence-electron chi connectivity index (χ1n) is 8.08. The van der Waals surface area contributed by atoms with E-state index < -0.39 is 0 Å². The molecule has 2 N–H and O–H groups in total. The standard InChI is InChI=1S/C17H26N2O/c18-14-5-4-12-19(13-14)15-8-10-17(11-9-15)20-16-6-2-1-3-7-16/h8-11,14,16H,1-7,12-13,18H2. The first-order chi connectivity index (χ1) is 9.81. The summed E-state index contributed by atoms with van der Waals surface area (Å²) < 4.78 is 6.08. The first kappa shape index (κ1) is 13.7. The largest absolute Gasteiger partial charge is 0.490 e. The highest BCUT2D eigenvalue weighted by atomic mass is 16.5. The van der Waals surface area contributed by atoms with Crippen molar-refractivity contribution < 1.29 is 4.74 Å². The van der Waals surface area contributed by atoms with E-state index in [9.17, 15) is 0 Å². The van der Waals surface area contributed by atoms with Crippen LogP contribution in [0.1, 0.15) is 44.9 Å². The third-order valence-electron chi connectivity index (χ3n) is 4.51. The second kappa shape index (κ2) is 6.49. The van der Waals surface area contributed by atoms with Crippen molar-refractivity contribution >= 4 is 5.69 Å². The van der Waals surface area contributed by atoms with Gasteiger partial charge in [-0.15, -0.1) is 0 Å². The average molecular weight is 274 g/mol. The Hall–Kier alpha value is -1.22. The van der Waals surface area contributed by atoms with Gasteiger partial charge in [0, 0.05) is 24.8 Å². The van der Waals surface area contributed by atoms with Gasteiger partial charge in [0.05, 0.1) is 6.10 Å². The van der Waals surface area contributed by atoms with Gasteiger partial charge in [0.25, 0.3) is 0 Å². The van der Waals surface area contributed by atoms with Crippen LogP contribution in [0.4, 0.5) is 5.69 Å². The van der Waals surface area contributed by atoms with Gasteiger partial charge < -0.3 is 15.4 Å². The molecule has 0 bridgehead atoms. The molecule has 1 atom stereocenters. The number of hydrogen-bond acceptors (Lipinski definition) is 3. The van der Waals surface area contributed by atoms with E-state index in [1.807, 2.05) is 0 Å². The number of rotatable bonds is 3. The predicted molar refractivity (Wildman–Crippen MR) is 83.4 cm³/mol. The van der Waals surface area contributed by atoms with E-state index >= 15 is 0 Å². The Balaban J connectivity index is 1.59. The zero-order chi connectivity index (χ0) is 13.8. The molecule has 1 aliphatic heterocycles. The van der Waals surface area contributed by atoms with Crippen LogP contribution in [0.3, 0.4) is 0 Å². The van der Waals surface area contributed by atoms with Gasteiger partial charge in [0.15, 0.2) is 0 Å². The van der Waals surface area contributed by atoms with Gasteiger partial charge >= 0.3 is 0 Å². The van der Waals surface area contributed by atoms with Gasteiger partial charge in [-0.3, -0.25) is 0 Å². The SMILES string of the molecule is NC1CCCN(c2ccc(OC3CCCCC3)cc2)C1. The third kappa shape index (κ3) is 3.45. The molecular weight excluding hydrogens is 248 g/mol. The minimum atomic E-state index is 0.321. The molecule has 1 aliphatic carbocycles. The zero-order valence-corrected chi connectivity index (χ0v) is 12.3. The minimum Gasteiger partial charge on any atom is -0.490 e. The summed E-state index contributed by atoms with van der Waals surface area (Å²) in [6.45, 7) is 2.10. The molecule has 0 aromatic heterocycles. The molecule has 1 heterocycles. The maximum absolute atomic E-state index is 6.08. The number of benzene rings is 1. The summed E-state index contributed by atoms with van der Waals surface area (Å²) in [4.78, 5) is 2.39. The lowest BCUT2D eigenvalue weighted by Crippen LogP contribution is -2.42. The molecule has 1 unspecified atom stereocenters. The quantitative estimate of drug-likeness (QED) is 0.919. The molecule has 2 fully saturated rings. The van der Waals surface area contributed by atoms with Crippen molar-refractivity contribution in [2.24, 2.45) is 5.73 Å². The van der Waals surface area contributed by atoms with Crippen molar-refractivity contribution in [2.45, 2.75) is 57.1 Å². The van der Waals surface area contributed by atoms with E-state index in [-0.39, 0.29) is 0 Å². The second-order valence-corrected chi connectivity index (χ2v) is 6.22. The fraction of sp³-hybridized carbons (Fsp3) is 0.647. The Morgan fingerprint density at radius 2 is 1.70 bits per heavy atom. The van der Waals surface area contributed by atoms with Crippen molar-refractivity contribution in [1.82, 2.24) is 0 Å². The van der Waals surface area contributed by atoms with Gasteiger partial charge in [-0.1, -0.05) is 6.42 Å². The fourth-order valence-electron chi connectivity index (χ4n) is 3.36. The van der Waals surface area contributed by atoms with Crippen molar-refractivity contribution in [3.8, 4) is 5.75 Å². The van der Waals surface area contributed by atoms with Gasteiger partial charge in [-0.2, -0.15) is 0 Å². The van der Waals surface area contributed by atoms with E-state index in [0.29, 0.717) is 12.1 Å². The molecule has 1 aromatic rings. The number of anilines is 1. The summed E-state index contributed by atoms with van der Waals surface area (Å²) in [5, 5.41) is 0. The van der Waals surface area contributed by atoms with Gasteiger partial charge in [-0.05, 0) is 62.8 Å². The summed E-state index contributed by atoms with van der Waals surface area (Å²) in [5.74, 6) is 1.02. The predicted octanol–water partition coefficient (Wildman–Crippen LogP) is 3.33. The molecular formula is C17H26N2O. The van der Waals surface area contributed by atoms with E-state index in [4.69, 9.17) is 10.5 Å². The molecule has 110 valence electrons. The molecule has 3 nitrogen and oxygen atoms in total. The van der Waals surface area contributed by atoms with Gasteiger partial charge in [0.1, 0.15) is 5.75 Å². The molecule has 1 saturated heterocycles. The Bertz CT molecular complexity index is 412. The minimum absolute atomic E-state index is 0.321. The van der Waals surface area contributed by atoms with Crippen molar-refractivity contribution in [3.63, 3.8) is 0 Å². The summed E-state index contributed by atoms with van der Waals surface area (Å²) in [5.41, 5.74) is 7.32. The van der Waals surface area contributed by atoms with Gasteiger partial charge in [-0.25, -0.2) is 0 Å². The Labute approximate surface area is 122 Å². The zero-order valence-electron chi connectivity index (χ0n) is 12.3. The number of piperidine rings is 1. The number of ether oxygens (including phenoxy) is 1. The van der Waals surface area contributed by atoms with Crippen molar-refractivity contribution in [3.05, 3.63) is 24.3 Å². The van der Waals surface area contributed by atoms with Crippen LogP contribution in [-0.4, -0.2) is 25.2 Å². The number of nitrogens with zero attached hydrogens (tertiary/aromatic N) is 1. The highest BCUT2D eigenvalue weighted by Crippen LogP contribution is 2.26. The number of nitrogens with two attached hydrogens (primary N) is 1. The lowest BCUT2D eigenvalue weighted by molar-refractivity contribution is 0.155. The van der Waals surface area contributed by atoms with E-state index in [0.717, 1.165) is 25.3 Å². The smallest absolute Gasteiger partial charge is 0.119 e. The highest BCUT2D eigenvalue weighted by molar-refractivity contribution is 5.49. The van der Waals surface area contributed by atoms with Gasteiger partial charge in [0.2, 0.25) is 0 Å². The van der Waals surface area contributed by atoms with Crippen LogP contribution in [-0.2, 0) is 0 Å². The maximum Gasteiger partial charge on any atom is 0.119 e. The molecule has 0 radical (unpaired) electrons. The Morgan fingerprint density at radius 1 is 0.950 bits per heavy atom. The van der Waals surface area contributed by atoms with Crippen LogP contribution < -0.4 is 15.4 Å². The van der Waals surface area contributed by atoms with E-state index in [2.05, 4.69) is 29.2 Å². The van der Waals surface area contributed by atoms with E-state index in [1.165, 1.54) is 44.2 Å². The van der Waals surface area contributed by atoms with Crippen LogP contribution in [0, 0.1) is 0 Å².